The molecule has 0 aromatic heterocycles. The molecule has 2 aliphatic heterocycles. The average molecular weight is 504 g/mol. The first-order valence-corrected chi connectivity index (χ1v) is 11.9. The van der Waals surface area contributed by atoms with Crippen LogP contribution in [0.1, 0.15) is 5.56 Å². The number of anilines is 3. The number of hydrogen-bond acceptors (Lipinski definition) is 5. The molecule has 3 aromatic carbocycles. The molecule has 0 radical (unpaired) electrons. The first-order valence-electron chi connectivity index (χ1n) is 11.5. The largest absolute Gasteiger partial charge is 0.375 e. The molecule has 0 aliphatic carbocycles. The molecule has 3 aromatic rings. The van der Waals surface area contributed by atoms with Crippen molar-refractivity contribution in [2.45, 2.75) is 11.6 Å². The smallest absolute Gasteiger partial charge is 0.260 e. The van der Waals surface area contributed by atoms with E-state index in [1.807, 2.05) is 90.8 Å². The highest BCUT2D eigenvalue weighted by molar-refractivity contribution is 6.33. The SMILES string of the molecule is COCC(=O)N1C(N(C)c2ccccc2Cl)=CC2(c3ccccc3)C(OC)C(=O)N2c2ccccc21. The van der Waals surface area contributed by atoms with Crippen molar-refractivity contribution >= 4 is 40.5 Å². The maximum Gasteiger partial charge on any atom is 0.260 e. The number of amides is 2. The van der Waals surface area contributed by atoms with Crippen LogP contribution in [-0.4, -0.2) is 45.8 Å². The van der Waals surface area contributed by atoms with Crippen LogP contribution in [0.2, 0.25) is 5.02 Å². The van der Waals surface area contributed by atoms with E-state index in [0.717, 1.165) is 5.56 Å². The van der Waals surface area contributed by atoms with Crippen molar-refractivity contribution in [2.24, 2.45) is 0 Å². The van der Waals surface area contributed by atoms with Crippen LogP contribution in [0.3, 0.4) is 0 Å². The van der Waals surface area contributed by atoms with E-state index in [0.29, 0.717) is 27.9 Å². The van der Waals surface area contributed by atoms with Crippen LogP contribution in [0.5, 0.6) is 0 Å². The van der Waals surface area contributed by atoms with E-state index in [1.54, 1.807) is 15.9 Å². The van der Waals surface area contributed by atoms with Crippen molar-refractivity contribution in [3.8, 4) is 0 Å². The zero-order valence-electron chi connectivity index (χ0n) is 20.2. The quantitative estimate of drug-likeness (QED) is 0.461. The molecule has 0 saturated carbocycles. The molecule has 5 rings (SSSR count). The molecule has 7 nitrogen and oxygen atoms in total. The van der Waals surface area contributed by atoms with Crippen molar-refractivity contribution in [3.05, 3.63) is 101 Å². The minimum atomic E-state index is -1.00. The Morgan fingerprint density at radius 2 is 1.61 bits per heavy atom. The Morgan fingerprint density at radius 1 is 0.972 bits per heavy atom. The van der Waals surface area contributed by atoms with E-state index in [-0.39, 0.29) is 18.4 Å². The van der Waals surface area contributed by atoms with Gasteiger partial charge in [0.15, 0.2) is 6.10 Å². The van der Waals surface area contributed by atoms with Crippen LogP contribution in [0.25, 0.3) is 0 Å². The van der Waals surface area contributed by atoms with E-state index in [1.165, 1.54) is 14.2 Å². The van der Waals surface area contributed by atoms with Gasteiger partial charge in [0.1, 0.15) is 18.0 Å². The zero-order chi connectivity index (χ0) is 25.4. The standard InChI is InChI=1S/C28H26ClN3O4/c1-30(21-14-8-7-13-20(21)29)24-17-28(19-11-5-4-6-12-19)26(36-3)27(34)32(28)23-16-10-9-15-22(23)31(24)25(33)18-35-2/h4-17,26H,18H2,1-3H3. The second-order valence-electron chi connectivity index (χ2n) is 8.64. The number of rotatable bonds is 6. The predicted molar refractivity (Wildman–Crippen MR) is 140 cm³/mol. The molecule has 36 heavy (non-hydrogen) atoms. The van der Waals surface area contributed by atoms with Crippen molar-refractivity contribution < 1.29 is 19.1 Å². The van der Waals surface area contributed by atoms with Crippen molar-refractivity contribution in [1.29, 1.82) is 0 Å². The lowest BCUT2D eigenvalue weighted by Gasteiger charge is -2.55. The summed E-state index contributed by atoms with van der Waals surface area (Å²) < 4.78 is 11.0. The molecule has 184 valence electrons. The monoisotopic (exact) mass is 503 g/mol. The Hall–Kier alpha value is -3.65. The molecular formula is C28H26ClN3O4. The molecule has 2 unspecified atom stereocenters. The van der Waals surface area contributed by atoms with Gasteiger partial charge in [0.05, 0.1) is 22.1 Å². The minimum Gasteiger partial charge on any atom is -0.375 e. The molecule has 1 saturated heterocycles. The van der Waals surface area contributed by atoms with Gasteiger partial charge >= 0.3 is 0 Å². The number of methoxy groups -OCH3 is 2. The van der Waals surface area contributed by atoms with Crippen LogP contribution < -0.4 is 14.7 Å². The molecule has 2 atom stereocenters. The molecule has 2 heterocycles. The van der Waals surface area contributed by atoms with Gasteiger partial charge in [0.25, 0.3) is 11.8 Å². The highest BCUT2D eigenvalue weighted by Crippen LogP contribution is 2.53. The summed E-state index contributed by atoms with van der Waals surface area (Å²) >= 11 is 6.59. The van der Waals surface area contributed by atoms with Gasteiger partial charge in [-0.2, -0.15) is 0 Å². The third-order valence-corrected chi connectivity index (χ3v) is 7.02. The molecule has 0 spiro atoms. The second-order valence-corrected chi connectivity index (χ2v) is 9.05. The highest BCUT2D eigenvalue weighted by atomic mass is 35.5. The zero-order valence-corrected chi connectivity index (χ0v) is 21.0. The Morgan fingerprint density at radius 3 is 2.28 bits per heavy atom. The van der Waals surface area contributed by atoms with Crippen LogP contribution in [0.4, 0.5) is 17.1 Å². The number of nitrogens with zero attached hydrogens (tertiary/aromatic N) is 3. The molecule has 1 fully saturated rings. The third kappa shape index (κ3) is 3.51. The molecule has 2 aliphatic rings. The number of ether oxygens (including phenoxy) is 2. The Balaban J connectivity index is 1.85. The lowest BCUT2D eigenvalue weighted by atomic mass is 9.74. The number of fused-ring (bicyclic) bond motifs is 3. The number of β-lactam (4-membered cyclic amide) rings is 1. The van der Waals surface area contributed by atoms with Gasteiger partial charge in [-0.3, -0.25) is 19.4 Å². The highest BCUT2D eigenvalue weighted by Gasteiger charge is 2.63. The summed E-state index contributed by atoms with van der Waals surface area (Å²) in [5.41, 5.74) is 1.72. The minimum absolute atomic E-state index is 0.151. The molecule has 2 amide bonds. The van der Waals surface area contributed by atoms with E-state index >= 15 is 0 Å². The average Bonchev–Trinajstić information content (AvgIpc) is 3.00. The number of carbonyl (C=O) groups excluding carboxylic acids is 2. The van der Waals surface area contributed by atoms with E-state index in [2.05, 4.69) is 0 Å². The lowest BCUT2D eigenvalue weighted by molar-refractivity contribution is -0.144. The maximum absolute atomic E-state index is 13.6. The first kappa shape index (κ1) is 24.1. The van der Waals surface area contributed by atoms with Crippen LogP contribution >= 0.6 is 11.6 Å². The van der Waals surface area contributed by atoms with Gasteiger partial charge in [-0.1, -0.05) is 66.2 Å². The second kappa shape index (κ2) is 9.43. The van der Waals surface area contributed by atoms with Crippen molar-refractivity contribution in [1.82, 2.24) is 0 Å². The fourth-order valence-corrected chi connectivity index (χ4v) is 5.38. The third-order valence-electron chi connectivity index (χ3n) is 6.70. The Kier molecular flexibility index (Phi) is 6.30. The fourth-order valence-electron chi connectivity index (χ4n) is 5.12. The normalized spacial score (nSPS) is 20.6. The topological polar surface area (TPSA) is 62.3 Å². The van der Waals surface area contributed by atoms with Gasteiger partial charge in [0, 0.05) is 21.3 Å². The van der Waals surface area contributed by atoms with Crippen molar-refractivity contribution in [2.75, 3.05) is 42.6 Å². The summed E-state index contributed by atoms with van der Waals surface area (Å²) in [5, 5.41) is 0.524. The number of hydrogen-bond donors (Lipinski definition) is 0. The van der Waals surface area contributed by atoms with Gasteiger partial charge in [0.2, 0.25) is 0 Å². The summed E-state index contributed by atoms with van der Waals surface area (Å²) in [6.07, 6.45) is 1.13. The first-order chi connectivity index (χ1) is 17.5. The van der Waals surface area contributed by atoms with Crippen LogP contribution in [-0.2, 0) is 24.6 Å². The number of carbonyl (C=O) groups is 2. The number of benzene rings is 3. The van der Waals surface area contributed by atoms with Gasteiger partial charge in [-0.15, -0.1) is 0 Å². The van der Waals surface area contributed by atoms with E-state index in [4.69, 9.17) is 21.1 Å². The van der Waals surface area contributed by atoms with Crippen LogP contribution in [0.15, 0.2) is 90.8 Å². The van der Waals surface area contributed by atoms with E-state index < -0.39 is 11.6 Å². The summed E-state index contributed by atoms with van der Waals surface area (Å²) in [4.78, 5) is 32.3. The van der Waals surface area contributed by atoms with Crippen LogP contribution in [0, 0.1) is 0 Å². The summed E-state index contributed by atoms with van der Waals surface area (Å²) in [7, 11) is 4.85. The Bertz CT molecular complexity index is 1350. The molecule has 0 N–H and O–H groups in total. The summed E-state index contributed by atoms with van der Waals surface area (Å²) in [5.74, 6) is 0.0478. The fraction of sp³-hybridized carbons (Fsp3) is 0.214. The number of para-hydroxylation sites is 3. The summed E-state index contributed by atoms with van der Waals surface area (Å²) in [6.45, 7) is -0.151. The summed E-state index contributed by atoms with van der Waals surface area (Å²) in [6, 6.07) is 24.5. The Labute approximate surface area is 215 Å². The van der Waals surface area contributed by atoms with Crippen molar-refractivity contribution in [3.63, 3.8) is 0 Å². The lowest BCUT2D eigenvalue weighted by Crippen LogP contribution is -2.72. The van der Waals surface area contributed by atoms with Gasteiger partial charge in [-0.05, 0) is 35.9 Å². The van der Waals surface area contributed by atoms with E-state index in [9.17, 15) is 9.59 Å². The van der Waals surface area contributed by atoms with Gasteiger partial charge < -0.3 is 14.4 Å². The maximum atomic E-state index is 13.6. The predicted octanol–water partition coefficient (Wildman–Crippen LogP) is 4.57. The molecule has 0 bridgehead atoms. The molecule has 8 heteroatoms. The molecular weight excluding hydrogens is 478 g/mol. The number of halogens is 1. The van der Waals surface area contributed by atoms with Gasteiger partial charge in [-0.25, -0.2) is 0 Å².